The van der Waals surface area contributed by atoms with Gasteiger partial charge in [0.05, 0.1) is 0 Å². The number of carboxylic acid groups (broad SMARTS) is 1. The van der Waals surface area contributed by atoms with E-state index in [1.807, 2.05) is 12.1 Å². The van der Waals surface area contributed by atoms with Crippen molar-refractivity contribution in [3.8, 4) is 5.75 Å². The zero-order valence-electron chi connectivity index (χ0n) is 18.2. The number of pyridine rings is 1. The number of hydrogen-bond donors (Lipinski definition) is 3. The van der Waals surface area contributed by atoms with E-state index in [0.717, 1.165) is 4.47 Å². The summed E-state index contributed by atoms with van der Waals surface area (Å²) >= 11 is 3.34. The second kappa shape index (κ2) is 13.0. The number of nitrogens with zero attached hydrogens (tertiary/aromatic N) is 2. The molecule has 0 bridgehead atoms. The lowest BCUT2D eigenvalue weighted by Gasteiger charge is -2.33. The van der Waals surface area contributed by atoms with Crippen LogP contribution >= 0.6 is 15.9 Å². The largest absolute Gasteiger partial charge is 0.490 e. The number of halogens is 4. The predicted molar refractivity (Wildman–Crippen MR) is 121 cm³/mol. The molecule has 2 amide bonds. The maximum atomic E-state index is 12.4. The van der Waals surface area contributed by atoms with Gasteiger partial charge in [0.2, 0.25) is 0 Å². The van der Waals surface area contributed by atoms with Crippen LogP contribution < -0.4 is 10.1 Å². The molecule has 0 spiro atoms. The molecule has 1 aromatic heterocycles. The fourth-order valence-electron chi connectivity index (χ4n) is 3.00. The van der Waals surface area contributed by atoms with Crippen molar-refractivity contribution in [2.75, 3.05) is 19.7 Å². The molecule has 1 aromatic carbocycles. The monoisotopic (exact) mass is 561 g/mol. The lowest BCUT2D eigenvalue weighted by atomic mass is 10.0. The van der Waals surface area contributed by atoms with E-state index >= 15 is 0 Å². The summed E-state index contributed by atoms with van der Waals surface area (Å²) in [5.74, 6) is -2.66. The van der Waals surface area contributed by atoms with E-state index in [1.165, 1.54) is 0 Å². The lowest BCUT2D eigenvalue weighted by Crippen LogP contribution is -2.50. The molecule has 1 fully saturated rings. The fourth-order valence-corrected chi connectivity index (χ4v) is 3.27. The smallest absolute Gasteiger partial charge is 0.490 e. The van der Waals surface area contributed by atoms with Crippen molar-refractivity contribution in [3.63, 3.8) is 0 Å². The van der Waals surface area contributed by atoms with Crippen LogP contribution in [0, 0.1) is 0 Å². The van der Waals surface area contributed by atoms with E-state index in [-0.39, 0.29) is 24.5 Å². The summed E-state index contributed by atoms with van der Waals surface area (Å²) in [7, 11) is 0. The molecule has 0 aliphatic carbocycles. The number of piperidine rings is 1. The number of rotatable bonds is 6. The number of aliphatic hydroxyl groups excluding tert-OH is 1. The Morgan fingerprint density at radius 1 is 1.11 bits per heavy atom. The number of likely N-dealkylation sites (tertiary alicyclic amines) is 1. The van der Waals surface area contributed by atoms with Crippen molar-refractivity contribution in [1.82, 2.24) is 15.2 Å². The zero-order chi connectivity index (χ0) is 26.0. The van der Waals surface area contributed by atoms with E-state index in [4.69, 9.17) is 14.6 Å². The Balaban J connectivity index is 0.000000540. The Kier molecular flexibility index (Phi) is 10.5. The van der Waals surface area contributed by atoms with Gasteiger partial charge in [0, 0.05) is 41.6 Å². The van der Waals surface area contributed by atoms with Crippen molar-refractivity contribution < 1.29 is 42.5 Å². The molecule has 1 saturated heterocycles. The van der Waals surface area contributed by atoms with Crippen molar-refractivity contribution in [3.05, 3.63) is 58.8 Å². The third-order valence-corrected chi connectivity index (χ3v) is 5.36. The van der Waals surface area contributed by atoms with Crippen LogP contribution in [-0.4, -0.2) is 75.9 Å². The first kappa shape index (κ1) is 28.1. The van der Waals surface area contributed by atoms with Crippen LogP contribution in [0.25, 0.3) is 0 Å². The summed E-state index contributed by atoms with van der Waals surface area (Å²) in [6, 6.07) is 10.5. The number of aliphatic carboxylic acids is 1. The van der Waals surface area contributed by atoms with Gasteiger partial charge in [-0.25, -0.2) is 4.79 Å². The zero-order valence-corrected chi connectivity index (χ0v) is 19.8. The molecule has 3 N–H and O–H groups in total. The normalized spacial score (nSPS) is 14.8. The van der Waals surface area contributed by atoms with E-state index in [1.54, 1.807) is 41.6 Å². The molecule has 9 nitrogen and oxygen atoms in total. The molecule has 0 unspecified atom stereocenters. The average Bonchev–Trinajstić information content (AvgIpc) is 2.84. The highest BCUT2D eigenvalue weighted by Gasteiger charge is 2.38. The number of carbonyl (C=O) groups excluding carboxylic acids is 2. The van der Waals surface area contributed by atoms with Crippen molar-refractivity contribution >= 4 is 33.7 Å². The Bertz CT molecular complexity index is 984. The van der Waals surface area contributed by atoms with E-state index in [9.17, 15) is 27.9 Å². The maximum absolute atomic E-state index is 12.4. The third-order valence-electron chi connectivity index (χ3n) is 4.83. The molecule has 2 aromatic rings. The number of aromatic nitrogens is 1. The second-order valence-electron chi connectivity index (χ2n) is 7.39. The predicted octanol–water partition coefficient (Wildman–Crippen LogP) is 2.64. The van der Waals surface area contributed by atoms with Gasteiger partial charge < -0.3 is 25.2 Å². The first-order chi connectivity index (χ1) is 16.5. The van der Waals surface area contributed by atoms with Crippen LogP contribution in [0.2, 0.25) is 0 Å². The first-order valence-corrected chi connectivity index (χ1v) is 11.1. The van der Waals surface area contributed by atoms with Gasteiger partial charge >= 0.3 is 12.1 Å². The SMILES string of the molecule is O=C(NC1CCN(C(=O)[C@H](O)COc2ccc(Br)cc2)CC1)c1ccncc1.O=C(O)C(F)(F)F. The first-order valence-electron chi connectivity index (χ1n) is 10.3. The van der Waals surface area contributed by atoms with Crippen LogP contribution in [0.4, 0.5) is 13.2 Å². The van der Waals surface area contributed by atoms with Crippen molar-refractivity contribution in [2.45, 2.75) is 31.2 Å². The summed E-state index contributed by atoms with van der Waals surface area (Å²) in [6.07, 6.45) is -1.86. The highest BCUT2D eigenvalue weighted by Crippen LogP contribution is 2.17. The number of benzene rings is 1. The second-order valence-corrected chi connectivity index (χ2v) is 8.31. The van der Waals surface area contributed by atoms with Gasteiger partial charge in [0.1, 0.15) is 12.4 Å². The average molecular weight is 562 g/mol. The van der Waals surface area contributed by atoms with Crippen LogP contribution in [0.15, 0.2) is 53.3 Å². The van der Waals surface area contributed by atoms with Crippen LogP contribution in [0.1, 0.15) is 23.2 Å². The topological polar surface area (TPSA) is 129 Å². The third kappa shape index (κ3) is 9.53. The summed E-state index contributed by atoms with van der Waals surface area (Å²) in [4.78, 5) is 39.0. The molecule has 3 rings (SSSR count). The highest BCUT2D eigenvalue weighted by molar-refractivity contribution is 9.10. The van der Waals surface area contributed by atoms with Crippen LogP contribution in [0.5, 0.6) is 5.75 Å². The number of ether oxygens (including phenoxy) is 1. The van der Waals surface area contributed by atoms with Gasteiger partial charge in [-0.1, -0.05) is 15.9 Å². The summed E-state index contributed by atoms with van der Waals surface area (Å²) < 4.78 is 38.1. The highest BCUT2D eigenvalue weighted by atomic mass is 79.9. The molecule has 35 heavy (non-hydrogen) atoms. The number of alkyl halides is 3. The van der Waals surface area contributed by atoms with Gasteiger partial charge in [-0.2, -0.15) is 13.2 Å². The summed E-state index contributed by atoms with van der Waals surface area (Å²) in [6.45, 7) is 0.865. The lowest BCUT2D eigenvalue weighted by molar-refractivity contribution is -0.192. The minimum atomic E-state index is -5.08. The molecule has 1 aliphatic heterocycles. The molecule has 1 atom stereocenters. The van der Waals surface area contributed by atoms with E-state index in [2.05, 4.69) is 26.2 Å². The van der Waals surface area contributed by atoms with Crippen LogP contribution in [0.3, 0.4) is 0 Å². The number of carbonyl (C=O) groups is 3. The summed E-state index contributed by atoms with van der Waals surface area (Å²) in [5, 5.41) is 20.2. The quantitative estimate of drug-likeness (QED) is 0.494. The Hall–Kier alpha value is -3.19. The molecule has 2 heterocycles. The standard InChI is InChI=1S/C20H22BrN3O4.C2HF3O2/c21-15-1-3-17(4-2-15)28-13-18(25)20(27)24-11-7-16(8-12-24)23-19(26)14-5-9-22-10-6-14;3-2(4,5)1(6)7/h1-6,9-10,16,18,25H,7-8,11-13H2,(H,23,26);(H,6,7)/t18-;/m1./s1. The van der Waals surface area contributed by atoms with E-state index in [0.29, 0.717) is 37.2 Å². The molecule has 0 radical (unpaired) electrons. The van der Waals surface area contributed by atoms with Gasteiger partial charge in [-0.3, -0.25) is 14.6 Å². The van der Waals surface area contributed by atoms with Gasteiger partial charge in [0.25, 0.3) is 11.8 Å². The Labute approximate surface area is 207 Å². The number of hydrogen-bond acceptors (Lipinski definition) is 6. The van der Waals surface area contributed by atoms with Gasteiger partial charge in [-0.15, -0.1) is 0 Å². The minimum absolute atomic E-state index is 0.000809. The van der Waals surface area contributed by atoms with Crippen molar-refractivity contribution in [2.24, 2.45) is 0 Å². The van der Waals surface area contributed by atoms with Gasteiger partial charge in [0.15, 0.2) is 6.10 Å². The molecule has 13 heteroatoms. The molecule has 0 saturated carbocycles. The Morgan fingerprint density at radius 3 is 2.17 bits per heavy atom. The number of carboxylic acids is 1. The number of nitrogens with one attached hydrogen (secondary N) is 1. The number of amides is 2. The van der Waals surface area contributed by atoms with Crippen LogP contribution in [-0.2, 0) is 9.59 Å². The summed E-state index contributed by atoms with van der Waals surface area (Å²) in [5.41, 5.74) is 0.564. The molecular weight excluding hydrogens is 539 g/mol. The maximum Gasteiger partial charge on any atom is 0.490 e. The molecule has 1 aliphatic rings. The van der Waals surface area contributed by atoms with Crippen molar-refractivity contribution in [1.29, 1.82) is 0 Å². The Morgan fingerprint density at radius 2 is 1.66 bits per heavy atom. The fraction of sp³-hybridized carbons (Fsp3) is 0.364. The van der Waals surface area contributed by atoms with Gasteiger partial charge in [-0.05, 0) is 49.2 Å². The molecular formula is C22H23BrF3N3O6. The van der Waals surface area contributed by atoms with E-state index < -0.39 is 18.2 Å². The molecule has 190 valence electrons. The minimum Gasteiger partial charge on any atom is -0.490 e. The number of aliphatic hydroxyl groups is 1.